The fraction of sp³-hybridized carbons (Fsp3) is 0.231. The molecule has 0 spiro atoms. The van der Waals surface area contributed by atoms with Gasteiger partial charge in [-0.15, -0.1) is 0 Å². The number of hydrogen-bond donors (Lipinski definition) is 0. The van der Waals surface area contributed by atoms with Crippen LogP contribution in [-0.2, 0) is 6.54 Å². The van der Waals surface area contributed by atoms with Crippen LogP contribution < -0.4 is 5.56 Å². The van der Waals surface area contributed by atoms with Gasteiger partial charge in [0.1, 0.15) is 0 Å². The summed E-state index contributed by atoms with van der Waals surface area (Å²) in [5, 5.41) is 0. The molecular formula is C13H12BrFN2O. The molecule has 0 saturated heterocycles. The minimum Gasteiger partial charge on any atom is -0.292 e. The van der Waals surface area contributed by atoms with Gasteiger partial charge in [-0.1, -0.05) is 46.3 Å². The smallest absolute Gasteiger partial charge is 0.290 e. The molecule has 18 heavy (non-hydrogen) atoms. The summed E-state index contributed by atoms with van der Waals surface area (Å²) < 4.78 is 15.1. The standard InChI is InChI=1S/C13H12BrFN2O/c1-9(14)12-11(15)13(18)17(8-16-12)7-10-5-3-2-4-6-10/h2-6,8-9H,7H2,1H3. The highest BCUT2D eigenvalue weighted by Crippen LogP contribution is 2.19. The maximum Gasteiger partial charge on any atom is 0.290 e. The molecule has 1 atom stereocenters. The van der Waals surface area contributed by atoms with E-state index in [1.54, 1.807) is 6.92 Å². The topological polar surface area (TPSA) is 34.9 Å². The molecule has 0 amide bonds. The Hall–Kier alpha value is -1.49. The molecule has 1 heterocycles. The average Bonchev–Trinajstić information content (AvgIpc) is 2.36. The van der Waals surface area contributed by atoms with Gasteiger partial charge < -0.3 is 0 Å². The van der Waals surface area contributed by atoms with Crippen LogP contribution in [0.1, 0.15) is 23.0 Å². The highest BCUT2D eigenvalue weighted by molar-refractivity contribution is 9.09. The number of nitrogens with zero attached hydrogens (tertiary/aromatic N) is 2. The molecule has 1 unspecified atom stereocenters. The maximum absolute atomic E-state index is 13.8. The van der Waals surface area contributed by atoms with Gasteiger partial charge in [0.05, 0.1) is 23.4 Å². The Bertz CT molecular complexity index is 596. The Balaban J connectivity index is 2.37. The summed E-state index contributed by atoms with van der Waals surface area (Å²) >= 11 is 3.21. The van der Waals surface area contributed by atoms with Gasteiger partial charge in [0.2, 0.25) is 5.82 Å². The van der Waals surface area contributed by atoms with Crippen molar-refractivity contribution in [3.63, 3.8) is 0 Å². The molecule has 94 valence electrons. The predicted molar refractivity (Wildman–Crippen MR) is 71.3 cm³/mol. The van der Waals surface area contributed by atoms with Crippen LogP contribution >= 0.6 is 15.9 Å². The van der Waals surface area contributed by atoms with Gasteiger partial charge in [0.25, 0.3) is 5.56 Å². The highest BCUT2D eigenvalue weighted by atomic mass is 79.9. The van der Waals surface area contributed by atoms with Gasteiger partial charge in [-0.25, -0.2) is 4.98 Å². The van der Waals surface area contributed by atoms with Crippen LogP contribution in [0.4, 0.5) is 4.39 Å². The molecular weight excluding hydrogens is 299 g/mol. The van der Waals surface area contributed by atoms with E-state index in [4.69, 9.17) is 0 Å². The molecule has 0 aliphatic heterocycles. The lowest BCUT2D eigenvalue weighted by molar-refractivity contribution is 0.549. The van der Waals surface area contributed by atoms with Gasteiger partial charge >= 0.3 is 0 Å². The molecule has 0 N–H and O–H groups in total. The first-order valence-electron chi connectivity index (χ1n) is 5.52. The summed E-state index contributed by atoms with van der Waals surface area (Å²) in [6.07, 6.45) is 1.38. The lowest BCUT2D eigenvalue weighted by Gasteiger charge is -2.08. The van der Waals surface area contributed by atoms with Crippen LogP contribution in [0.25, 0.3) is 0 Å². The summed E-state index contributed by atoms with van der Waals surface area (Å²) in [5.41, 5.74) is 0.430. The summed E-state index contributed by atoms with van der Waals surface area (Å²) in [6, 6.07) is 9.40. The van der Waals surface area contributed by atoms with Crippen molar-refractivity contribution in [3.8, 4) is 0 Å². The van der Waals surface area contributed by atoms with Crippen molar-refractivity contribution >= 4 is 15.9 Å². The molecule has 1 aromatic carbocycles. The van der Waals surface area contributed by atoms with Gasteiger partial charge in [-0.2, -0.15) is 4.39 Å². The third kappa shape index (κ3) is 2.67. The Kier molecular flexibility index (Phi) is 3.91. The SMILES string of the molecule is CC(Br)c1ncn(Cc2ccccc2)c(=O)c1F. The minimum absolute atomic E-state index is 0.143. The molecule has 0 bridgehead atoms. The van der Waals surface area contributed by atoms with E-state index in [0.717, 1.165) is 5.56 Å². The third-order valence-electron chi connectivity index (χ3n) is 2.58. The molecule has 0 radical (unpaired) electrons. The summed E-state index contributed by atoms with van der Waals surface area (Å²) in [6.45, 7) is 2.05. The molecule has 3 nitrogen and oxygen atoms in total. The van der Waals surface area contributed by atoms with Crippen molar-refractivity contribution in [1.82, 2.24) is 9.55 Å². The lowest BCUT2D eigenvalue weighted by Crippen LogP contribution is -2.26. The quantitative estimate of drug-likeness (QED) is 0.817. The number of aromatic nitrogens is 2. The normalized spacial score (nSPS) is 12.4. The second-order valence-electron chi connectivity index (χ2n) is 3.98. The molecule has 2 rings (SSSR count). The summed E-state index contributed by atoms with van der Waals surface area (Å²) in [7, 11) is 0. The number of alkyl halides is 1. The van der Waals surface area contributed by atoms with Crippen LogP contribution in [-0.4, -0.2) is 9.55 Å². The first-order valence-corrected chi connectivity index (χ1v) is 6.44. The fourth-order valence-electron chi connectivity index (χ4n) is 1.65. The molecule has 2 aromatic rings. The van der Waals surface area contributed by atoms with E-state index in [-0.39, 0.29) is 10.5 Å². The van der Waals surface area contributed by atoms with E-state index in [2.05, 4.69) is 20.9 Å². The predicted octanol–water partition coefficient (Wildman–Crippen LogP) is 2.89. The summed E-state index contributed by atoms with van der Waals surface area (Å²) in [4.78, 5) is 15.5. The monoisotopic (exact) mass is 310 g/mol. The molecule has 0 fully saturated rings. The molecule has 0 saturated carbocycles. The van der Waals surface area contributed by atoms with Gasteiger partial charge in [0, 0.05) is 0 Å². The van der Waals surface area contributed by atoms with Gasteiger partial charge in [0.15, 0.2) is 0 Å². The minimum atomic E-state index is -0.794. The lowest BCUT2D eigenvalue weighted by atomic mass is 10.2. The zero-order valence-electron chi connectivity index (χ0n) is 9.81. The number of rotatable bonds is 3. The van der Waals surface area contributed by atoms with Crippen molar-refractivity contribution < 1.29 is 4.39 Å². The van der Waals surface area contributed by atoms with Crippen molar-refractivity contribution in [2.75, 3.05) is 0 Å². The third-order valence-corrected chi connectivity index (χ3v) is 3.02. The number of halogens is 2. The Morgan fingerprint density at radius 2 is 2.06 bits per heavy atom. The number of hydrogen-bond acceptors (Lipinski definition) is 2. The van der Waals surface area contributed by atoms with Crippen molar-refractivity contribution in [1.29, 1.82) is 0 Å². The maximum atomic E-state index is 13.8. The van der Waals surface area contributed by atoms with E-state index in [1.807, 2.05) is 30.3 Å². The average molecular weight is 311 g/mol. The molecule has 0 aliphatic carbocycles. The van der Waals surface area contributed by atoms with Crippen LogP contribution in [0.2, 0.25) is 0 Å². The Labute approximate surface area is 112 Å². The zero-order chi connectivity index (χ0) is 13.1. The molecule has 0 aliphatic rings. The van der Waals surface area contributed by atoms with E-state index >= 15 is 0 Å². The largest absolute Gasteiger partial charge is 0.292 e. The molecule has 5 heteroatoms. The Morgan fingerprint density at radius 1 is 1.39 bits per heavy atom. The first kappa shape index (κ1) is 13.0. The van der Waals surface area contributed by atoms with Crippen molar-refractivity contribution in [2.45, 2.75) is 18.3 Å². The number of benzene rings is 1. The fourth-order valence-corrected chi connectivity index (χ4v) is 1.97. The summed E-state index contributed by atoms with van der Waals surface area (Å²) in [5.74, 6) is -0.794. The van der Waals surface area contributed by atoms with Crippen LogP contribution in [0.15, 0.2) is 41.5 Å². The molecule has 1 aromatic heterocycles. The van der Waals surface area contributed by atoms with Crippen LogP contribution in [0, 0.1) is 5.82 Å². The van der Waals surface area contributed by atoms with E-state index in [0.29, 0.717) is 6.54 Å². The second kappa shape index (κ2) is 5.44. The Morgan fingerprint density at radius 3 is 2.67 bits per heavy atom. The van der Waals surface area contributed by atoms with Crippen molar-refractivity contribution in [2.24, 2.45) is 0 Å². The zero-order valence-corrected chi connectivity index (χ0v) is 11.4. The van der Waals surface area contributed by atoms with E-state index in [1.165, 1.54) is 10.9 Å². The van der Waals surface area contributed by atoms with E-state index < -0.39 is 11.4 Å². The van der Waals surface area contributed by atoms with Gasteiger partial charge in [-0.05, 0) is 12.5 Å². The van der Waals surface area contributed by atoms with Gasteiger partial charge in [-0.3, -0.25) is 9.36 Å². The van der Waals surface area contributed by atoms with Crippen LogP contribution in [0.3, 0.4) is 0 Å². The van der Waals surface area contributed by atoms with Crippen molar-refractivity contribution in [3.05, 3.63) is 64.1 Å². The highest BCUT2D eigenvalue weighted by Gasteiger charge is 2.15. The second-order valence-corrected chi connectivity index (χ2v) is 5.35. The first-order chi connectivity index (χ1) is 8.59. The van der Waals surface area contributed by atoms with E-state index in [9.17, 15) is 9.18 Å². The van der Waals surface area contributed by atoms with Crippen LogP contribution in [0.5, 0.6) is 0 Å².